The van der Waals surface area contributed by atoms with E-state index in [4.69, 9.17) is 14.2 Å². The van der Waals surface area contributed by atoms with E-state index in [0.29, 0.717) is 11.9 Å². The molecule has 1 saturated heterocycles. The van der Waals surface area contributed by atoms with Gasteiger partial charge in [-0.25, -0.2) is 9.97 Å². The van der Waals surface area contributed by atoms with Crippen LogP contribution in [-0.2, 0) is 4.74 Å². The Hall–Kier alpha value is -3.13. The maximum atomic E-state index is 6.52. The predicted octanol–water partition coefficient (Wildman–Crippen LogP) is 3.67. The fourth-order valence-corrected chi connectivity index (χ4v) is 4.51. The van der Waals surface area contributed by atoms with Crippen LogP contribution in [0.15, 0.2) is 42.9 Å². The van der Waals surface area contributed by atoms with Gasteiger partial charge in [0.1, 0.15) is 11.3 Å². The number of benzene rings is 1. The fraction of sp³-hybridized carbons (Fsp3) is 0.458. The highest BCUT2D eigenvalue weighted by molar-refractivity contribution is 5.85. The van der Waals surface area contributed by atoms with E-state index in [9.17, 15) is 0 Å². The van der Waals surface area contributed by atoms with E-state index >= 15 is 0 Å². The first-order chi connectivity index (χ1) is 15.8. The van der Waals surface area contributed by atoms with Crippen LogP contribution in [0.25, 0.3) is 11.0 Å². The molecule has 1 aliphatic heterocycles. The van der Waals surface area contributed by atoms with Crippen molar-refractivity contribution in [1.29, 1.82) is 0 Å². The lowest BCUT2D eigenvalue weighted by Gasteiger charge is -2.32. The number of nitrogens with zero attached hydrogens (tertiary/aromatic N) is 4. The van der Waals surface area contributed by atoms with Gasteiger partial charge in [0.05, 0.1) is 37.6 Å². The first-order valence-corrected chi connectivity index (χ1v) is 11.3. The summed E-state index contributed by atoms with van der Waals surface area (Å²) in [6.45, 7) is 3.24. The van der Waals surface area contributed by atoms with Gasteiger partial charge in [-0.3, -0.25) is 4.98 Å². The molecule has 0 spiro atoms. The first-order valence-electron chi connectivity index (χ1n) is 11.3. The zero-order valence-electron chi connectivity index (χ0n) is 18.4. The molecule has 0 unspecified atom stereocenters. The second-order valence-corrected chi connectivity index (χ2v) is 8.26. The summed E-state index contributed by atoms with van der Waals surface area (Å²) < 4.78 is 17.4. The standard InChI is InChI=1S/C24H29N5O3/c1-30-24-20(3-2-8-27-24)28-17-4-6-19(7-5-17)32-22-16-18(29-11-13-31-14-12-29)15-21-23(22)26-10-9-25-21/h2-3,8-10,15-17,19,28H,4-7,11-14H2,1H3/t17-,19+. The van der Waals surface area contributed by atoms with Crippen molar-refractivity contribution < 1.29 is 14.2 Å². The number of pyridine rings is 1. The molecule has 8 nitrogen and oxygen atoms in total. The number of hydrogen-bond donors (Lipinski definition) is 1. The molecule has 1 N–H and O–H groups in total. The van der Waals surface area contributed by atoms with E-state index in [-0.39, 0.29) is 6.10 Å². The van der Waals surface area contributed by atoms with Gasteiger partial charge in [-0.05, 0) is 43.9 Å². The molecule has 2 aliphatic rings. The lowest BCUT2D eigenvalue weighted by atomic mass is 9.92. The number of morpholine rings is 1. The van der Waals surface area contributed by atoms with E-state index in [1.807, 2.05) is 12.1 Å². The predicted molar refractivity (Wildman–Crippen MR) is 124 cm³/mol. The van der Waals surface area contributed by atoms with Crippen LogP contribution in [0.4, 0.5) is 11.4 Å². The van der Waals surface area contributed by atoms with Crippen molar-refractivity contribution in [3.05, 3.63) is 42.9 Å². The summed E-state index contributed by atoms with van der Waals surface area (Å²) in [7, 11) is 1.65. The highest BCUT2D eigenvalue weighted by Gasteiger charge is 2.25. The molecule has 5 rings (SSSR count). The smallest absolute Gasteiger partial charge is 0.237 e. The molecule has 3 heterocycles. The molecule has 0 amide bonds. The van der Waals surface area contributed by atoms with E-state index < -0.39 is 0 Å². The molecule has 8 heteroatoms. The lowest BCUT2D eigenvalue weighted by molar-refractivity contribution is 0.122. The number of nitrogens with one attached hydrogen (secondary N) is 1. The fourth-order valence-electron chi connectivity index (χ4n) is 4.51. The maximum absolute atomic E-state index is 6.52. The molecule has 2 fully saturated rings. The zero-order chi connectivity index (χ0) is 21.8. The van der Waals surface area contributed by atoms with Crippen LogP contribution >= 0.6 is 0 Å². The Balaban J connectivity index is 1.28. The van der Waals surface area contributed by atoms with Crippen LogP contribution in [-0.4, -0.2) is 60.5 Å². The highest BCUT2D eigenvalue weighted by atomic mass is 16.5. The lowest BCUT2D eigenvalue weighted by Crippen LogP contribution is -2.36. The summed E-state index contributed by atoms with van der Waals surface area (Å²) in [6.07, 6.45) is 9.37. The van der Waals surface area contributed by atoms with Crippen LogP contribution in [0.2, 0.25) is 0 Å². The Morgan fingerprint density at radius 2 is 1.81 bits per heavy atom. The molecule has 1 aromatic carbocycles. The second-order valence-electron chi connectivity index (χ2n) is 8.26. The molecular formula is C24H29N5O3. The van der Waals surface area contributed by atoms with Gasteiger partial charge in [0.15, 0.2) is 0 Å². The zero-order valence-corrected chi connectivity index (χ0v) is 18.4. The van der Waals surface area contributed by atoms with Crippen LogP contribution in [0.1, 0.15) is 25.7 Å². The molecular weight excluding hydrogens is 406 g/mol. The van der Waals surface area contributed by atoms with Crippen LogP contribution in [0, 0.1) is 0 Å². The summed E-state index contributed by atoms with van der Waals surface area (Å²) in [4.78, 5) is 15.7. The Morgan fingerprint density at radius 3 is 2.62 bits per heavy atom. The van der Waals surface area contributed by atoms with Gasteiger partial charge in [-0.2, -0.15) is 0 Å². The van der Waals surface area contributed by atoms with E-state index in [0.717, 1.165) is 80.1 Å². The van der Waals surface area contributed by atoms with Crippen molar-refractivity contribution in [2.45, 2.75) is 37.8 Å². The Labute approximate surface area is 187 Å². The third-order valence-electron chi connectivity index (χ3n) is 6.19. The van der Waals surface area contributed by atoms with Gasteiger partial charge in [-0.1, -0.05) is 0 Å². The molecule has 2 aromatic heterocycles. The quantitative estimate of drug-likeness (QED) is 0.628. The first kappa shape index (κ1) is 20.8. The largest absolute Gasteiger partial charge is 0.488 e. The van der Waals surface area contributed by atoms with Crippen molar-refractivity contribution in [3.8, 4) is 11.6 Å². The van der Waals surface area contributed by atoms with Gasteiger partial charge in [0.2, 0.25) is 5.88 Å². The minimum absolute atomic E-state index is 0.161. The normalized spacial score (nSPS) is 21.3. The molecule has 0 radical (unpaired) electrons. The van der Waals surface area contributed by atoms with Gasteiger partial charge in [0, 0.05) is 49.5 Å². The molecule has 3 aromatic rings. The SMILES string of the molecule is COc1ncccc1N[C@H]1CC[C@@H](Oc2cc(N3CCOCC3)cc3nccnc23)CC1. The number of aromatic nitrogens is 3. The van der Waals surface area contributed by atoms with Gasteiger partial charge < -0.3 is 24.4 Å². The maximum Gasteiger partial charge on any atom is 0.237 e. The summed E-state index contributed by atoms with van der Waals surface area (Å²) in [5.41, 5.74) is 3.75. The topological polar surface area (TPSA) is 81.6 Å². The van der Waals surface area contributed by atoms with Crippen molar-refractivity contribution in [2.24, 2.45) is 0 Å². The molecule has 168 valence electrons. The average molecular weight is 436 g/mol. The highest BCUT2D eigenvalue weighted by Crippen LogP contribution is 2.33. The number of fused-ring (bicyclic) bond motifs is 1. The molecule has 1 aliphatic carbocycles. The monoisotopic (exact) mass is 435 g/mol. The molecule has 0 bridgehead atoms. The molecule has 0 atom stereocenters. The Morgan fingerprint density at radius 1 is 1.00 bits per heavy atom. The van der Waals surface area contributed by atoms with E-state index in [2.05, 4.69) is 37.3 Å². The van der Waals surface area contributed by atoms with Crippen molar-refractivity contribution in [1.82, 2.24) is 15.0 Å². The number of methoxy groups -OCH3 is 1. The minimum Gasteiger partial charge on any atom is -0.488 e. The van der Waals surface area contributed by atoms with Gasteiger partial charge in [-0.15, -0.1) is 0 Å². The summed E-state index contributed by atoms with van der Waals surface area (Å²) in [6, 6.07) is 8.53. The van der Waals surface area contributed by atoms with Gasteiger partial charge in [0.25, 0.3) is 0 Å². The van der Waals surface area contributed by atoms with Crippen LogP contribution in [0.5, 0.6) is 11.6 Å². The van der Waals surface area contributed by atoms with Crippen LogP contribution in [0.3, 0.4) is 0 Å². The van der Waals surface area contributed by atoms with E-state index in [1.165, 1.54) is 0 Å². The summed E-state index contributed by atoms with van der Waals surface area (Å²) >= 11 is 0. The summed E-state index contributed by atoms with van der Waals surface area (Å²) in [5.74, 6) is 1.46. The number of rotatable bonds is 6. The van der Waals surface area contributed by atoms with Crippen molar-refractivity contribution >= 4 is 22.4 Å². The number of ether oxygens (including phenoxy) is 3. The van der Waals surface area contributed by atoms with Crippen LogP contribution < -0.4 is 19.7 Å². The second kappa shape index (κ2) is 9.56. The van der Waals surface area contributed by atoms with Crippen molar-refractivity contribution in [2.75, 3.05) is 43.6 Å². The molecule has 1 saturated carbocycles. The Kier molecular flexibility index (Phi) is 6.20. The van der Waals surface area contributed by atoms with Crippen molar-refractivity contribution in [3.63, 3.8) is 0 Å². The Bertz CT molecular complexity index is 1050. The van der Waals surface area contributed by atoms with E-state index in [1.54, 1.807) is 25.7 Å². The average Bonchev–Trinajstić information content (AvgIpc) is 2.86. The summed E-state index contributed by atoms with van der Waals surface area (Å²) in [5, 5.41) is 3.58. The number of hydrogen-bond acceptors (Lipinski definition) is 8. The minimum atomic E-state index is 0.161. The number of anilines is 2. The molecule has 32 heavy (non-hydrogen) atoms. The third-order valence-corrected chi connectivity index (χ3v) is 6.19. The van der Waals surface area contributed by atoms with Gasteiger partial charge >= 0.3 is 0 Å². The third kappa shape index (κ3) is 4.55.